The Morgan fingerprint density at radius 3 is 1.45 bits per heavy atom. The highest BCUT2D eigenvalue weighted by molar-refractivity contribution is 7.45. The van der Waals surface area contributed by atoms with Gasteiger partial charge in [0.1, 0.15) is 13.2 Å². The quantitative estimate of drug-likeness (QED) is 0.0275. The zero-order valence-electron chi connectivity index (χ0n) is 37.3. The average molecular weight is 811 g/mol. The Balaban J connectivity index is 4.25. The van der Waals surface area contributed by atoms with Gasteiger partial charge in [0.2, 0.25) is 5.91 Å². The first kappa shape index (κ1) is 54.7. The lowest BCUT2D eigenvalue weighted by Crippen LogP contribution is -2.45. The molecule has 1 amide bonds. The third-order valence-corrected chi connectivity index (χ3v) is 11.3. The van der Waals surface area contributed by atoms with E-state index in [1.165, 1.54) is 148 Å². The van der Waals surface area contributed by atoms with E-state index < -0.39 is 26.6 Å². The number of phosphoric ester groups is 1. The van der Waals surface area contributed by atoms with Crippen molar-refractivity contribution < 1.29 is 32.9 Å². The first-order valence-corrected chi connectivity index (χ1v) is 24.8. The molecular weight excluding hydrogens is 719 g/mol. The molecule has 0 aromatic rings. The van der Waals surface area contributed by atoms with Crippen LogP contribution in [0, 0.1) is 0 Å². The number of nitrogens with zero attached hydrogens (tertiary/aromatic N) is 1. The van der Waals surface area contributed by atoms with Gasteiger partial charge in [-0.1, -0.05) is 179 Å². The lowest BCUT2D eigenvalue weighted by molar-refractivity contribution is -0.870. The highest BCUT2D eigenvalue weighted by Gasteiger charge is 2.23. The monoisotopic (exact) mass is 811 g/mol. The fraction of sp³-hybridized carbons (Fsp3) is 0.851. The predicted molar refractivity (Wildman–Crippen MR) is 238 cm³/mol. The Bertz CT molecular complexity index is 1010. The second-order valence-corrected chi connectivity index (χ2v) is 18.5. The topological polar surface area (TPSA) is 108 Å². The normalized spacial score (nSPS) is 14.6. The summed E-state index contributed by atoms with van der Waals surface area (Å²) in [5.74, 6) is -0.209. The van der Waals surface area contributed by atoms with Crippen molar-refractivity contribution in [3.63, 3.8) is 0 Å². The van der Waals surface area contributed by atoms with Crippen molar-refractivity contribution in [3.8, 4) is 0 Å². The van der Waals surface area contributed by atoms with Crippen molar-refractivity contribution in [1.29, 1.82) is 0 Å². The van der Waals surface area contributed by atoms with Crippen molar-refractivity contribution in [1.82, 2.24) is 5.32 Å². The number of nitrogens with one attached hydrogen (secondary N) is 1. The van der Waals surface area contributed by atoms with Crippen LogP contribution in [0.3, 0.4) is 0 Å². The summed E-state index contributed by atoms with van der Waals surface area (Å²) in [7, 11) is 1.24. The molecule has 0 rings (SSSR count). The molecule has 2 N–H and O–H groups in total. The van der Waals surface area contributed by atoms with Gasteiger partial charge in [0.15, 0.2) is 0 Å². The third-order valence-electron chi connectivity index (χ3n) is 10.3. The number of hydrogen-bond acceptors (Lipinski definition) is 6. The Hall–Kier alpha value is -1.28. The van der Waals surface area contributed by atoms with E-state index in [0.717, 1.165) is 38.5 Å². The number of allylic oxidation sites excluding steroid dienone is 5. The van der Waals surface area contributed by atoms with Crippen LogP contribution in [0.1, 0.15) is 206 Å². The number of hydrogen-bond donors (Lipinski definition) is 2. The Labute approximate surface area is 347 Å². The van der Waals surface area contributed by atoms with Crippen LogP contribution in [-0.4, -0.2) is 68.5 Å². The number of unbranched alkanes of at least 4 members (excludes halogenated alkanes) is 25. The zero-order chi connectivity index (χ0) is 41.4. The second kappa shape index (κ2) is 39.2. The summed E-state index contributed by atoms with van der Waals surface area (Å²) in [5.41, 5.74) is 0. The van der Waals surface area contributed by atoms with Gasteiger partial charge in [0.25, 0.3) is 7.82 Å². The van der Waals surface area contributed by atoms with Gasteiger partial charge in [-0.25, -0.2) is 0 Å². The number of carbonyl (C=O) groups is 1. The maximum atomic E-state index is 12.8. The fourth-order valence-electron chi connectivity index (χ4n) is 6.57. The van der Waals surface area contributed by atoms with Crippen molar-refractivity contribution >= 4 is 13.7 Å². The number of quaternary nitrogens is 1. The van der Waals surface area contributed by atoms with E-state index in [9.17, 15) is 19.4 Å². The first-order valence-electron chi connectivity index (χ1n) is 23.4. The molecule has 0 saturated heterocycles. The van der Waals surface area contributed by atoms with Gasteiger partial charge in [0, 0.05) is 6.42 Å². The first-order chi connectivity index (χ1) is 27.0. The molecule has 56 heavy (non-hydrogen) atoms. The molecule has 3 atom stereocenters. The van der Waals surface area contributed by atoms with E-state index in [2.05, 4.69) is 43.5 Å². The van der Waals surface area contributed by atoms with Crippen LogP contribution in [0.4, 0.5) is 0 Å². The third kappa shape index (κ3) is 40.9. The standard InChI is InChI=1S/C47H91N2O6P/c1-6-8-10-12-14-16-18-19-20-21-22-23-24-25-26-27-28-29-31-33-35-37-39-41-47(51)48-45(44-55-56(52,53)54-43-42-49(3,4)5)46(50)40-38-36-34-32-30-17-15-13-11-9-7-2/h19-20,30,32,38,40,45-46,50H,6-18,21-29,31,33-37,39,41-44H2,1-5H3,(H-,48,51,52,53)/b20-19+,32-30+,40-38+/t45-,46+/m0/s1. The van der Waals surface area contributed by atoms with Crippen LogP contribution < -0.4 is 10.2 Å². The summed E-state index contributed by atoms with van der Waals surface area (Å²) < 4.78 is 23.2. The summed E-state index contributed by atoms with van der Waals surface area (Å²) in [5, 5.41) is 13.7. The minimum absolute atomic E-state index is 0.00608. The van der Waals surface area contributed by atoms with Crippen LogP contribution in [0.15, 0.2) is 36.5 Å². The summed E-state index contributed by atoms with van der Waals surface area (Å²) in [6.45, 7) is 4.59. The highest BCUT2D eigenvalue weighted by atomic mass is 31.2. The molecule has 0 heterocycles. The molecule has 0 aliphatic heterocycles. The van der Waals surface area contributed by atoms with E-state index in [0.29, 0.717) is 17.4 Å². The Morgan fingerprint density at radius 1 is 0.607 bits per heavy atom. The van der Waals surface area contributed by atoms with Crippen LogP contribution in [-0.2, 0) is 18.4 Å². The smallest absolute Gasteiger partial charge is 0.268 e. The molecular formula is C47H91N2O6P. The molecule has 0 saturated carbocycles. The maximum absolute atomic E-state index is 12.8. The number of likely N-dealkylation sites (N-methyl/N-ethyl adjacent to an activating group) is 1. The molecule has 0 aliphatic carbocycles. The predicted octanol–water partition coefficient (Wildman–Crippen LogP) is 12.5. The van der Waals surface area contributed by atoms with Crippen LogP contribution in [0.2, 0.25) is 0 Å². The van der Waals surface area contributed by atoms with Crippen molar-refractivity contribution in [2.75, 3.05) is 40.9 Å². The maximum Gasteiger partial charge on any atom is 0.268 e. The molecule has 0 bridgehead atoms. The van der Waals surface area contributed by atoms with Gasteiger partial charge < -0.3 is 28.8 Å². The summed E-state index contributed by atoms with van der Waals surface area (Å²) >= 11 is 0. The molecule has 9 heteroatoms. The highest BCUT2D eigenvalue weighted by Crippen LogP contribution is 2.38. The van der Waals surface area contributed by atoms with Gasteiger partial charge in [0.05, 0.1) is 39.9 Å². The molecule has 0 aliphatic rings. The summed E-state index contributed by atoms with van der Waals surface area (Å²) in [4.78, 5) is 25.3. The van der Waals surface area contributed by atoms with Gasteiger partial charge in [-0.2, -0.15) is 0 Å². The number of amides is 1. The fourth-order valence-corrected chi connectivity index (χ4v) is 7.30. The van der Waals surface area contributed by atoms with E-state index in [-0.39, 0.29) is 12.5 Å². The molecule has 8 nitrogen and oxygen atoms in total. The van der Waals surface area contributed by atoms with Gasteiger partial charge in [-0.15, -0.1) is 0 Å². The van der Waals surface area contributed by atoms with Crippen molar-refractivity contribution in [2.45, 2.75) is 219 Å². The van der Waals surface area contributed by atoms with Crippen LogP contribution >= 0.6 is 7.82 Å². The number of rotatable bonds is 42. The second-order valence-electron chi connectivity index (χ2n) is 17.1. The molecule has 330 valence electrons. The number of phosphoric acid groups is 1. The van der Waals surface area contributed by atoms with Gasteiger partial charge in [-0.05, 0) is 57.8 Å². The minimum Gasteiger partial charge on any atom is -0.756 e. The van der Waals surface area contributed by atoms with E-state index in [1.54, 1.807) is 6.08 Å². The van der Waals surface area contributed by atoms with E-state index in [4.69, 9.17) is 9.05 Å². The van der Waals surface area contributed by atoms with Gasteiger partial charge in [-0.3, -0.25) is 9.36 Å². The Kier molecular flexibility index (Phi) is 38.3. The largest absolute Gasteiger partial charge is 0.756 e. The van der Waals surface area contributed by atoms with Crippen LogP contribution in [0.5, 0.6) is 0 Å². The molecule has 0 aromatic carbocycles. The summed E-state index contributed by atoms with van der Waals surface area (Å²) in [6.07, 6.45) is 47.8. The number of aliphatic hydroxyl groups is 1. The molecule has 1 unspecified atom stereocenters. The molecule has 0 spiro atoms. The Morgan fingerprint density at radius 2 is 1.00 bits per heavy atom. The zero-order valence-corrected chi connectivity index (χ0v) is 38.2. The lowest BCUT2D eigenvalue weighted by Gasteiger charge is -2.29. The SMILES string of the molecule is CCCCCCC/C=C/CC/C=C/[C@@H](O)[C@H](COP(=O)([O-])OCC[N+](C)(C)C)NC(=O)CCCCCCCCCCCCCCC/C=C/CCCCCCCC. The molecule has 0 radical (unpaired) electrons. The van der Waals surface area contributed by atoms with Crippen LogP contribution in [0.25, 0.3) is 0 Å². The molecule has 0 fully saturated rings. The summed E-state index contributed by atoms with van der Waals surface area (Å²) in [6, 6.07) is -0.900. The molecule has 0 aromatic heterocycles. The van der Waals surface area contributed by atoms with Crippen molar-refractivity contribution in [2.24, 2.45) is 0 Å². The van der Waals surface area contributed by atoms with E-state index in [1.807, 2.05) is 27.2 Å². The number of aliphatic hydroxyl groups excluding tert-OH is 1. The van der Waals surface area contributed by atoms with Crippen molar-refractivity contribution in [3.05, 3.63) is 36.5 Å². The lowest BCUT2D eigenvalue weighted by atomic mass is 10.0. The number of carbonyl (C=O) groups excluding carboxylic acids is 1. The van der Waals surface area contributed by atoms with Gasteiger partial charge >= 0.3 is 0 Å². The average Bonchev–Trinajstić information content (AvgIpc) is 3.15. The van der Waals surface area contributed by atoms with E-state index >= 15 is 0 Å². The minimum atomic E-state index is -4.59.